The smallest absolute Gasteiger partial charge is 0.321 e. The van der Waals surface area contributed by atoms with Crippen LogP contribution in [-0.4, -0.2) is 31.3 Å². The van der Waals surface area contributed by atoms with Gasteiger partial charge in [0, 0.05) is 0 Å². The lowest BCUT2D eigenvalue weighted by Crippen LogP contribution is -2.42. The molecular formula is C14H21NO4S. The maximum Gasteiger partial charge on any atom is 0.321 e. The van der Waals surface area contributed by atoms with E-state index in [0.29, 0.717) is 12.8 Å². The number of carboxylic acid groups (broad SMARTS) is 1. The number of hydrogen-bond acceptors (Lipinski definition) is 3. The summed E-state index contributed by atoms with van der Waals surface area (Å²) in [6.07, 6.45) is 2.04. The van der Waals surface area contributed by atoms with Gasteiger partial charge in [-0.2, -0.15) is 0 Å². The van der Waals surface area contributed by atoms with Crippen molar-refractivity contribution in [2.75, 3.05) is 5.75 Å². The van der Waals surface area contributed by atoms with Crippen molar-refractivity contribution >= 4 is 16.0 Å². The summed E-state index contributed by atoms with van der Waals surface area (Å²) in [4.78, 5) is 11.1. The number of aryl methyl sites for hydroxylation is 1. The van der Waals surface area contributed by atoms with Crippen LogP contribution in [0.15, 0.2) is 30.3 Å². The van der Waals surface area contributed by atoms with Gasteiger partial charge in [-0.1, -0.05) is 43.7 Å². The minimum absolute atomic E-state index is 0.0291. The van der Waals surface area contributed by atoms with Crippen LogP contribution in [0.5, 0.6) is 0 Å². The van der Waals surface area contributed by atoms with E-state index < -0.39 is 22.0 Å². The van der Waals surface area contributed by atoms with Crippen LogP contribution >= 0.6 is 0 Å². The molecule has 1 unspecified atom stereocenters. The lowest BCUT2D eigenvalue weighted by molar-refractivity contribution is -0.139. The monoisotopic (exact) mass is 299 g/mol. The Bertz CT molecular complexity index is 513. The van der Waals surface area contributed by atoms with E-state index in [0.717, 1.165) is 12.0 Å². The van der Waals surface area contributed by atoms with Crippen molar-refractivity contribution in [3.05, 3.63) is 35.9 Å². The quantitative estimate of drug-likeness (QED) is 0.728. The van der Waals surface area contributed by atoms with Gasteiger partial charge in [0.25, 0.3) is 0 Å². The molecule has 0 bridgehead atoms. The fraction of sp³-hybridized carbons (Fsp3) is 0.500. The second-order valence-electron chi connectivity index (χ2n) is 4.71. The normalized spacial score (nSPS) is 13.1. The van der Waals surface area contributed by atoms with E-state index >= 15 is 0 Å². The maximum absolute atomic E-state index is 11.7. The molecule has 0 amide bonds. The van der Waals surface area contributed by atoms with Crippen LogP contribution in [0.25, 0.3) is 0 Å². The predicted molar refractivity (Wildman–Crippen MR) is 78.0 cm³/mol. The van der Waals surface area contributed by atoms with Crippen LogP contribution in [-0.2, 0) is 21.2 Å². The van der Waals surface area contributed by atoms with Crippen LogP contribution in [0.4, 0.5) is 0 Å². The van der Waals surface area contributed by atoms with Crippen molar-refractivity contribution in [3.63, 3.8) is 0 Å². The van der Waals surface area contributed by atoms with E-state index in [1.54, 1.807) is 0 Å². The third-order valence-electron chi connectivity index (χ3n) is 2.95. The van der Waals surface area contributed by atoms with E-state index in [1.807, 2.05) is 37.3 Å². The average molecular weight is 299 g/mol. The fourth-order valence-corrected chi connectivity index (χ4v) is 3.24. The topological polar surface area (TPSA) is 83.5 Å². The number of hydrogen-bond donors (Lipinski definition) is 2. The summed E-state index contributed by atoms with van der Waals surface area (Å²) >= 11 is 0. The molecule has 112 valence electrons. The Hall–Kier alpha value is -1.40. The molecule has 0 aliphatic carbocycles. The molecule has 0 aliphatic heterocycles. The summed E-state index contributed by atoms with van der Waals surface area (Å²) < 4.78 is 25.8. The van der Waals surface area contributed by atoms with Gasteiger partial charge in [0.2, 0.25) is 10.0 Å². The highest BCUT2D eigenvalue weighted by atomic mass is 32.2. The molecule has 0 saturated carbocycles. The molecule has 1 aromatic carbocycles. The highest BCUT2D eigenvalue weighted by molar-refractivity contribution is 7.89. The fourth-order valence-electron chi connectivity index (χ4n) is 1.80. The van der Waals surface area contributed by atoms with E-state index in [9.17, 15) is 13.2 Å². The van der Waals surface area contributed by atoms with Crippen LogP contribution in [0.3, 0.4) is 0 Å². The first-order valence-corrected chi connectivity index (χ1v) is 8.36. The summed E-state index contributed by atoms with van der Waals surface area (Å²) in [6.45, 7) is 1.89. The Morgan fingerprint density at radius 3 is 2.50 bits per heavy atom. The molecule has 20 heavy (non-hydrogen) atoms. The van der Waals surface area contributed by atoms with Crippen LogP contribution < -0.4 is 4.72 Å². The van der Waals surface area contributed by atoms with Crippen molar-refractivity contribution in [1.29, 1.82) is 0 Å². The molecule has 0 aromatic heterocycles. The Labute approximate surface area is 120 Å². The maximum atomic E-state index is 11.7. The van der Waals surface area contributed by atoms with Crippen molar-refractivity contribution < 1.29 is 18.3 Å². The third kappa shape index (κ3) is 6.16. The highest BCUT2D eigenvalue weighted by Gasteiger charge is 2.23. The largest absolute Gasteiger partial charge is 0.480 e. The molecule has 2 N–H and O–H groups in total. The second kappa shape index (κ2) is 8.01. The molecule has 0 heterocycles. The summed E-state index contributed by atoms with van der Waals surface area (Å²) in [5.41, 5.74) is 0.992. The first kappa shape index (κ1) is 16.7. The standard InChI is InChI=1S/C14H21NO4S/c1-2-3-11-20(18,19)15-13(14(16)17)10-9-12-7-5-4-6-8-12/h4-8,13,15H,2-3,9-11H2,1H3,(H,16,17). The van der Waals surface area contributed by atoms with Gasteiger partial charge in [0.05, 0.1) is 5.75 Å². The summed E-state index contributed by atoms with van der Waals surface area (Å²) in [5, 5.41) is 9.11. The lowest BCUT2D eigenvalue weighted by atomic mass is 10.1. The number of aliphatic carboxylic acids is 1. The molecule has 1 rings (SSSR count). The molecule has 1 aromatic rings. The van der Waals surface area contributed by atoms with Crippen LogP contribution in [0.2, 0.25) is 0 Å². The number of carboxylic acids is 1. The van der Waals surface area contributed by atoms with Gasteiger partial charge in [0.15, 0.2) is 0 Å². The highest BCUT2D eigenvalue weighted by Crippen LogP contribution is 2.07. The first-order valence-electron chi connectivity index (χ1n) is 6.71. The van der Waals surface area contributed by atoms with Crippen molar-refractivity contribution in [3.8, 4) is 0 Å². The van der Waals surface area contributed by atoms with Gasteiger partial charge in [0.1, 0.15) is 6.04 Å². The minimum atomic E-state index is -3.52. The number of unbranched alkanes of at least 4 members (excludes halogenated alkanes) is 1. The zero-order valence-corrected chi connectivity index (χ0v) is 12.4. The zero-order valence-electron chi connectivity index (χ0n) is 11.6. The number of carbonyl (C=O) groups is 1. The van der Waals surface area contributed by atoms with Gasteiger partial charge in [-0.05, 0) is 24.8 Å². The minimum Gasteiger partial charge on any atom is -0.480 e. The molecule has 5 nitrogen and oxygen atoms in total. The van der Waals surface area contributed by atoms with Crippen molar-refractivity contribution in [1.82, 2.24) is 4.72 Å². The molecule has 1 atom stereocenters. The number of nitrogens with one attached hydrogen (secondary N) is 1. The van der Waals surface area contributed by atoms with Gasteiger partial charge in [-0.25, -0.2) is 13.1 Å². The van der Waals surface area contributed by atoms with Gasteiger partial charge < -0.3 is 5.11 Å². The van der Waals surface area contributed by atoms with Crippen molar-refractivity contribution in [2.45, 2.75) is 38.6 Å². The number of sulfonamides is 1. The molecule has 0 saturated heterocycles. The number of rotatable bonds is 9. The molecule has 0 spiro atoms. The van der Waals surface area contributed by atoms with Crippen LogP contribution in [0, 0.1) is 0 Å². The molecule has 6 heteroatoms. The van der Waals surface area contributed by atoms with Crippen molar-refractivity contribution in [2.24, 2.45) is 0 Å². The molecular weight excluding hydrogens is 278 g/mol. The average Bonchev–Trinajstić information content (AvgIpc) is 2.42. The van der Waals surface area contributed by atoms with Gasteiger partial charge in [-0.3, -0.25) is 4.79 Å². The molecule has 0 fully saturated rings. The zero-order chi connectivity index (χ0) is 15.0. The summed E-state index contributed by atoms with van der Waals surface area (Å²) in [7, 11) is -3.52. The van der Waals surface area contributed by atoms with Gasteiger partial charge >= 0.3 is 5.97 Å². The van der Waals surface area contributed by atoms with E-state index in [4.69, 9.17) is 5.11 Å². The third-order valence-corrected chi connectivity index (χ3v) is 4.42. The Morgan fingerprint density at radius 1 is 1.30 bits per heavy atom. The first-order chi connectivity index (χ1) is 9.44. The predicted octanol–water partition coefficient (Wildman–Crippen LogP) is 1.79. The molecule has 0 radical (unpaired) electrons. The Balaban J connectivity index is 2.59. The van der Waals surface area contributed by atoms with E-state index in [-0.39, 0.29) is 12.2 Å². The second-order valence-corrected chi connectivity index (χ2v) is 6.58. The van der Waals surface area contributed by atoms with E-state index in [1.165, 1.54) is 0 Å². The SMILES string of the molecule is CCCCS(=O)(=O)NC(CCc1ccccc1)C(=O)O. The summed E-state index contributed by atoms with van der Waals surface area (Å²) in [5.74, 6) is -1.17. The molecule has 0 aliphatic rings. The lowest BCUT2D eigenvalue weighted by Gasteiger charge is -2.14. The Kier molecular flexibility index (Phi) is 6.67. The summed E-state index contributed by atoms with van der Waals surface area (Å²) in [6, 6.07) is 8.34. The van der Waals surface area contributed by atoms with Gasteiger partial charge in [-0.15, -0.1) is 0 Å². The van der Waals surface area contributed by atoms with Crippen LogP contribution in [0.1, 0.15) is 31.7 Å². The Morgan fingerprint density at radius 2 is 1.95 bits per heavy atom. The number of benzene rings is 1. The van der Waals surface area contributed by atoms with E-state index in [2.05, 4.69) is 4.72 Å².